The molecule has 2 N–H and O–H groups in total. The first kappa shape index (κ1) is 25.4. The van der Waals surface area contributed by atoms with Crippen molar-refractivity contribution in [2.45, 2.75) is 58.7 Å². The first-order chi connectivity index (χ1) is 16.0. The second-order valence-electron chi connectivity index (χ2n) is 9.15. The summed E-state index contributed by atoms with van der Waals surface area (Å²) in [4.78, 5) is 18.6. The van der Waals surface area contributed by atoms with Crippen LogP contribution in [0.3, 0.4) is 0 Å². The maximum absolute atomic E-state index is 12.2. The van der Waals surface area contributed by atoms with Crippen LogP contribution in [-0.4, -0.2) is 34.5 Å². The number of hydrogen-bond acceptors (Lipinski definition) is 4. The standard InChI is InChI=1S/C17H13F3N2O4.C8H16/c1-25-14-8-13-12(7-11(14)16(23)24)21-15(22-13)6-9-2-4-10(5-3-9)26-17(18,19)20;1-8(2)6-4-3-5-7-8/h2-5,7-8H,6H2,1H3,(H,21,22)(H,23,24);3-7H2,1-2H3. The van der Waals surface area contributed by atoms with Gasteiger partial charge in [0.2, 0.25) is 0 Å². The SMILES string of the molecule is CC1(C)CCCCC1.COc1cc2nc(Cc3ccc(OC(F)(F)F)cc3)[nH]c2cc1C(=O)O. The lowest BCUT2D eigenvalue weighted by Crippen LogP contribution is -2.17. The van der Waals surface area contributed by atoms with Gasteiger partial charge in [0.15, 0.2) is 0 Å². The molecule has 6 nitrogen and oxygen atoms in total. The number of H-pyrrole nitrogens is 1. The van der Waals surface area contributed by atoms with Crippen molar-refractivity contribution in [1.29, 1.82) is 0 Å². The van der Waals surface area contributed by atoms with E-state index in [0.29, 0.717) is 34.3 Å². The maximum atomic E-state index is 12.2. The molecule has 2 aromatic carbocycles. The third-order valence-corrected chi connectivity index (χ3v) is 5.82. The van der Waals surface area contributed by atoms with Crippen LogP contribution in [0.1, 0.15) is 67.7 Å². The molecule has 0 radical (unpaired) electrons. The molecule has 9 heteroatoms. The van der Waals surface area contributed by atoms with Crippen molar-refractivity contribution < 1.29 is 32.5 Å². The van der Waals surface area contributed by atoms with Crippen LogP contribution in [0.5, 0.6) is 11.5 Å². The molecular formula is C25H29F3N2O4. The van der Waals surface area contributed by atoms with Gasteiger partial charge in [0.05, 0.1) is 18.1 Å². The molecule has 1 fully saturated rings. The molecule has 1 heterocycles. The molecule has 184 valence electrons. The number of aromatic amines is 1. The molecule has 4 rings (SSSR count). The molecule has 0 spiro atoms. The maximum Gasteiger partial charge on any atom is 0.573 e. The number of hydrogen-bond donors (Lipinski definition) is 2. The largest absolute Gasteiger partial charge is 0.573 e. The molecular weight excluding hydrogens is 449 g/mol. The van der Waals surface area contributed by atoms with Crippen molar-refractivity contribution in [2.24, 2.45) is 5.41 Å². The van der Waals surface area contributed by atoms with Crippen LogP contribution in [0.15, 0.2) is 36.4 Å². The fourth-order valence-electron chi connectivity index (χ4n) is 4.02. The minimum atomic E-state index is -4.73. The van der Waals surface area contributed by atoms with E-state index < -0.39 is 12.3 Å². The van der Waals surface area contributed by atoms with E-state index in [2.05, 4.69) is 28.6 Å². The van der Waals surface area contributed by atoms with Gasteiger partial charge in [-0.25, -0.2) is 9.78 Å². The highest BCUT2D eigenvalue weighted by Gasteiger charge is 2.31. The molecule has 3 aromatic rings. The highest BCUT2D eigenvalue weighted by atomic mass is 19.4. The van der Waals surface area contributed by atoms with Crippen LogP contribution in [0.4, 0.5) is 13.2 Å². The lowest BCUT2D eigenvalue weighted by Gasteiger charge is -2.28. The zero-order valence-electron chi connectivity index (χ0n) is 19.5. The van der Waals surface area contributed by atoms with Crippen LogP contribution < -0.4 is 9.47 Å². The van der Waals surface area contributed by atoms with Crippen molar-refractivity contribution in [1.82, 2.24) is 9.97 Å². The van der Waals surface area contributed by atoms with Gasteiger partial charge in [-0.2, -0.15) is 0 Å². The summed E-state index contributed by atoms with van der Waals surface area (Å²) >= 11 is 0. The lowest BCUT2D eigenvalue weighted by molar-refractivity contribution is -0.274. The second-order valence-corrected chi connectivity index (χ2v) is 9.15. The van der Waals surface area contributed by atoms with Gasteiger partial charge in [0, 0.05) is 12.5 Å². The van der Waals surface area contributed by atoms with Crippen LogP contribution >= 0.6 is 0 Å². The van der Waals surface area contributed by atoms with Crippen molar-refractivity contribution in [3.05, 3.63) is 53.3 Å². The molecule has 0 amide bonds. The number of carboxylic acid groups (broad SMARTS) is 1. The normalized spacial score (nSPS) is 15.4. The third-order valence-electron chi connectivity index (χ3n) is 5.82. The molecule has 1 saturated carbocycles. The van der Waals surface area contributed by atoms with Crippen molar-refractivity contribution in [2.75, 3.05) is 7.11 Å². The number of aromatic carboxylic acids is 1. The zero-order chi connectivity index (χ0) is 24.9. The number of rotatable bonds is 5. The number of nitrogens with zero attached hydrogens (tertiary/aromatic N) is 1. The number of aromatic nitrogens is 2. The number of ether oxygens (including phenoxy) is 2. The predicted octanol–water partition coefficient (Wildman–Crippen LogP) is 6.74. The van der Waals surface area contributed by atoms with Gasteiger partial charge >= 0.3 is 12.3 Å². The average Bonchev–Trinajstić information content (AvgIpc) is 3.14. The minimum Gasteiger partial charge on any atom is -0.496 e. The van der Waals surface area contributed by atoms with E-state index in [-0.39, 0.29) is 17.1 Å². The average molecular weight is 479 g/mol. The van der Waals surface area contributed by atoms with Gasteiger partial charge in [-0.05, 0) is 42.0 Å². The lowest BCUT2D eigenvalue weighted by atomic mass is 9.78. The summed E-state index contributed by atoms with van der Waals surface area (Å²) in [5.74, 6) is -0.701. The summed E-state index contributed by atoms with van der Waals surface area (Å²) in [5.41, 5.74) is 2.44. The monoisotopic (exact) mass is 478 g/mol. The highest BCUT2D eigenvalue weighted by molar-refractivity contribution is 5.95. The Morgan fingerprint density at radius 3 is 2.26 bits per heavy atom. The van der Waals surface area contributed by atoms with E-state index in [1.807, 2.05) is 0 Å². The number of imidazole rings is 1. The summed E-state index contributed by atoms with van der Waals surface area (Å²) in [6.07, 6.45) is 2.90. The molecule has 0 unspecified atom stereocenters. The third kappa shape index (κ3) is 7.13. The molecule has 1 aromatic heterocycles. The fraction of sp³-hybridized carbons (Fsp3) is 0.440. The molecule has 0 aliphatic heterocycles. The Morgan fingerprint density at radius 1 is 1.12 bits per heavy atom. The Balaban J connectivity index is 0.000000343. The van der Waals surface area contributed by atoms with E-state index in [9.17, 15) is 23.1 Å². The van der Waals surface area contributed by atoms with Crippen LogP contribution in [0.2, 0.25) is 0 Å². The number of alkyl halides is 3. The number of benzene rings is 2. The van der Waals surface area contributed by atoms with Gasteiger partial charge in [-0.3, -0.25) is 0 Å². The molecule has 34 heavy (non-hydrogen) atoms. The first-order valence-corrected chi connectivity index (χ1v) is 11.1. The van der Waals surface area contributed by atoms with Crippen LogP contribution in [0, 0.1) is 5.41 Å². The number of methoxy groups -OCH3 is 1. The van der Waals surface area contributed by atoms with E-state index in [1.54, 1.807) is 0 Å². The summed E-state index contributed by atoms with van der Waals surface area (Å²) in [5, 5.41) is 9.20. The Kier molecular flexibility index (Phi) is 7.74. The first-order valence-electron chi connectivity index (χ1n) is 11.1. The smallest absolute Gasteiger partial charge is 0.496 e. The molecule has 0 atom stereocenters. The van der Waals surface area contributed by atoms with Gasteiger partial charge < -0.3 is 19.6 Å². The summed E-state index contributed by atoms with van der Waals surface area (Å²) < 4.78 is 45.4. The van der Waals surface area contributed by atoms with E-state index >= 15 is 0 Å². The quantitative estimate of drug-likeness (QED) is 0.424. The van der Waals surface area contributed by atoms with Crippen molar-refractivity contribution in [3.63, 3.8) is 0 Å². The van der Waals surface area contributed by atoms with Gasteiger partial charge in [-0.1, -0.05) is 45.2 Å². The van der Waals surface area contributed by atoms with Crippen molar-refractivity contribution in [3.8, 4) is 11.5 Å². The van der Waals surface area contributed by atoms with Crippen LogP contribution in [0.25, 0.3) is 11.0 Å². The summed E-state index contributed by atoms with van der Waals surface area (Å²) in [6.45, 7) is 4.76. The Morgan fingerprint density at radius 2 is 1.76 bits per heavy atom. The molecule has 0 saturated heterocycles. The minimum absolute atomic E-state index is 0.00357. The Hall–Kier alpha value is -3.23. The Labute approximate surface area is 196 Å². The summed E-state index contributed by atoms with van der Waals surface area (Å²) in [7, 11) is 1.37. The molecule has 0 bridgehead atoms. The van der Waals surface area contributed by atoms with Crippen LogP contribution in [-0.2, 0) is 6.42 Å². The van der Waals surface area contributed by atoms with Gasteiger partial charge in [0.25, 0.3) is 0 Å². The molecule has 1 aliphatic rings. The zero-order valence-corrected chi connectivity index (χ0v) is 19.5. The topological polar surface area (TPSA) is 84.4 Å². The van der Waals surface area contributed by atoms with Gasteiger partial charge in [0.1, 0.15) is 22.9 Å². The summed E-state index contributed by atoms with van der Waals surface area (Å²) in [6, 6.07) is 8.37. The van der Waals surface area contributed by atoms with E-state index in [1.165, 1.54) is 75.6 Å². The van der Waals surface area contributed by atoms with E-state index in [4.69, 9.17) is 4.74 Å². The highest BCUT2D eigenvalue weighted by Crippen LogP contribution is 2.34. The number of halogens is 3. The number of nitrogens with one attached hydrogen (secondary N) is 1. The van der Waals surface area contributed by atoms with E-state index in [0.717, 1.165) is 0 Å². The number of fused-ring (bicyclic) bond motifs is 1. The number of carboxylic acids is 1. The predicted molar refractivity (Wildman–Crippen MR) is 122 cm³/mol. The fourth-order valence-corrected chi connectivity index (χ4v) is 4.02. The Bertz CT molecular complexity index is 1110. The van der Waals surface area contributed by atoms with Gasteiger partial charge in [-0.15, -0.1) is 13.2 Å². The second kappa shape index (κ2) is 10.4. The molecule has 1 aliphatic carbocycles. The van der Waals surface area contributed by atoms with Crippen molar-refractivity contribution >= 4 is 17.0 Å². The number of carbonyl (C=O) groups is 1.